The molecule has 4 aliphatic rings. The number of carbonyl (C=O) groups is 1. The third-order valence-corrected chi connectivity index (χ3v) is 10.4. The van der Waals surface area contributed by atoms with Crippen molar-refractivity contribution in [3.8, 4) is 0 Å². The van der Waals surface area contributed by atoms with Crippen LogP contribution in [0.3, 0.4) is 0 Å². The predicted octanol–water partition coefficient (Wildman–Crippen LogP) is 4.74. The second kappa shape index (κ2) is 6.83. The van der Waals surface area contributed by atoms with E-state index in [1.165, 1.54) is 25.7 Å². The summed E-state index contributed by atoms with van der Waals surface area (Å²) in [4.78, 5) is 12.2. The molecule has 4 saturated carbocycles. The Morgan fingerprint density at radius 2 is 1.74 bits per heavy atom. The van der Waals surface area contributed by atoms with Gasteiger partial charge < -0.3 is 10.2 Å². The van der Waals surface area contributed by atoms with Crippen molar-refractivity contribution in [1.82, 2.24) is 0 Å². The van der Waals surface area contributed by atoms with Gasteiger partial charge in [0.2, 0.25) is 0 Å². The molecule has 0 saturated heterocycles. The van der Waals surface area contributed by atoms with Gasteiger partial charge >= 0.3 is 0 Å². The van der Waals surface area contributed by atoms with Crippen LogP contribution in [0.4, 0.5) is 0 Å². The van der Waals surface area contributed by atoms with Crippen molar-refractivity contribution in [3.05, 3.63) is 0 Å². The maximum atomic E-state index is 12.2. The van der Waals surface area contributed by atoms with E-state index in [1.807, 2.05) is 0 Å². The summed E-state index contributed by atoms with van der Waals surface area (Å²) in [5.41, 5.74) is -0.181. The summed E-state index contributed by atoms with van der Waals surface area (Å²) in [7, 11) is 0. The fourth-order valence-corrected chi connectivity index (χ4v) is 8.53. The zero-order valence-corrected chi connectivity index (χ0v) is 17.7. The lowest BCUT2D eigenvalue weighted by Gasteiger charge is -2.62. The van der Waals surface area contributed by atoms with Gasteiger partial charge in [-0.25, -0.2) is 0 Å². The fourth-order valence-electron chi connectivity index (χ4n) is 8.53. The number of hydrogen-bond donors (Lipinski definition) is 2. The van der Waals surface area contributed by atoms with Gasteiger partial charge in [-0.15, -0.1) is 0 Å². The van der Waals surface area contributed by atoms with Gasteiger partial charge in [-0.3, -0.25) is 4.79 Å². The molecule has 0 aromatic carbocycles. The molecule has 8 atom stereocenters. The quantitative estimate of drug-likeness (QED) is 0.697. The third kappa shape index (κ3) is 2.78. The minimum Gasteiger partial charge on any atom is -0.396 e. The molecule has 3 nitrogen and oxygen atoms in total. The van der Waals surface area contributed by atoms with E-state index >= 15 is 0 Å². The number of hydrogen-bond acceptors (Lipinski definition) is 3. The summed E-state index contributed by atoms with van der Waals surface area (Å²) in [6.45, 7) is 7.45. The van der Waals surface area contributed by atoms with Crippen molar-refractivity contribution in [1.29, 1.82) is 0 Å². The Morgan fingerprint density at radius 3 is 2.48 bits per heavy atom. The van der Waals surface area contributed by atoms with Gasteiger partial charge in [-0.1, -0.05) is 20.8 Å². The molecule has 3 heteroatoms. The molecular formula is C24H40O3. The Morgan fingerprint density at radius 1 is 1.00 bits per heavy atom. The number of carbonyl (C=O) groups excluding carboxylic acids is 1. The zero-order chi connectivity index (χ0) is 19.4. The Bertz CT molecular complexity index is 588. The van der Waals surface area contributed by atoms with Crippen LogP contribution in [0.5, 0.6) is 0 Å². The van der Waals surface area contributed by atoms with Crippen molar-refractivity contribution in [2.45, 2.75) is 97.0 Å². The molecule has 0 amide bonds. The first-order valence-corrected chi connectivity index (χ1v) is 11.6. The Labute approximate surface area is 165 Å². The highest BCUT2D eigenvalue weighted by Gasteiger charge is 2.65. The highest BCUT2D eigenvalue weighted by Crippen LogP contribution is 2.69. The molecule has 27 heavy (non-hydrogen) atoms. The largest absolute Gasteiger partial charge is 0.396 e. The van der Waals surface area contributed by atoms with E-state index < -0.39 is 5.60 Å². The van der Waals surface area contributed by atoms with Gasteiger partial charge in [-0.2, -0.15) is 0 Å². The van der Waals surface area contributed by atoms with Crippen LogP contribution in [0.25, 0.3) is 0 Å². The first-order chi connectivity index (χ1) is 12.8. The molecule has 154 valence electrons. The average Bonchev–Trinajstić information content (AvgIpc) is 2.88. The van der Waals surface area contributed by atoms with Gasteiger partial charge in [0.15, 0.2) is 0 Å². The van der Waals surface area contributed by atoms with E-state index in [-0.39, 0.29) is 12.0 Å². The van der Waals surface area contributed by atoms with Crippen LogP contribution >= 0.6 is 0 Å². The number of rotatable bonds is 4. The van der Waals surface area contributed by atoms with Gasteiger partial charge in [0, 0.05) is 19.4 Å². The van der Waals surface area contributed by atoms with Crippen LogP contribution in [-0.2, 0) is 4.79 Å². The van der Waals surface area contributed by atoms with Crippen molar-refractivity contribution < 1.29 is 15.0 Å². The number of unbranched alkanes of at least 4 members (excludes halogenated alkanes) is 1. The Kier molecular flexibility index (Phi) is 5.03. The van der Waals surface area contributed by atoms with Gasteiger partial charge in [-0.05, 0) is 98.2 Å². The number of Topliss-reactive ketones (excluding diaryl/α,β-unsaturated/α-hetero) is 1. The van der Waals surface area contributed by atoms with E-state index in [0.717, 1.165) is 56.8 Å². The van der Waals surface area contributed by atoms with E-state index in [1.54, 1.807) is 0 Å². The van der Waals surface area contributed by atoms with Crippen LogP contribution in [0, 0.1) is 40.4 Å². The maximum Gasteiger partial charge on any atom is 0.133 e. The molecule has 0 unspecified atom stereocenters. The molecule has 2 N–H and O–H groups in total. The number of fused-ring (bicyclic) bond motifs is 5. The van der Waals surface area contributed by atoms with Gasteiger partial charge in [0.05, 0.1) is 5.60 Å². The molecule has 0 aromatic rings. The summed E-state index contributed by atoms with van der Waals surface area (Å²) in [6.07, 6.45) is 11.1. The molecule has 0 spiro atoms. The monoisotopic (exact) mass is 376 g/mol. The zero-order valence-electron chi connectivity index (χ0n) is 17.7. The molecule has 0 aliphatic heterocycles. The number of aliphatic hydroxyl groups is 2. The van der Waals surface area contributed by atoms with E-state index in [2.05, 4.69) is 20.8 Å². The van der Waals surface area contributed by atoms with E-state index in [4.69, 9.17) is 5.11 Å². The standard InChI is InChI=1S/C24H40O3/c1-16-14-18(26)15-17-6-7-19-20-9-12-24(27,10-4-5-13-25)22(20,2)11-8-21(19)23(16,17)3/h16-17,19-21,25,27H,4-15H2,1-3H3/t16-,17-,19-,20-,21-,22-,23-,24-/m0/s1. The smallest absolute Gasteiger partial charge is 0.133 e. The van der Waals surface area contributed by atoms with Gasteiger partial charge in [0.25, 0.3) is 0 Å². The summed E-state index contributed by atoms with van der Waals surface area (Å²) < 4.78 is 0. The lowest BCUT2D eigenvalue weighted by Crippen LogP contribution is -2.58. The molecule has 0 aromatic heterocycles. The summed E-state index contributed by atoms with van der Waals surface area (Å²) in [6, 6.07) is 0. The second-order valence-electron chi connectivity index (χ2n) is 11.1. The van der Waals surface area contributed by atoms with Crippen LogP contribution in [0.15, 0.2) is 0 Å². The molecule has 0 radical (unpaired) electrons. The first-order valence-electron chi connectivity index (χ1n) is 11.6. The van der Waals surface area contributed by atoms with Crippen LogP contribution in [0.1, 0.15) is 91.4 Å². The lowest BCUT2D eigenvalue weighted by molar-refractivity contribution is -0.169. The van der Waals surface area contributed by atoms with Crippen LogP contribution < -0.4 is 0 Å². The van der Waals surface area contributed by atoms with E-state index in [9.17, 15) is 9.90 Å². The summed E-state index contributed by atoms with van der Waals surface area (Å²) in [5, 5.41) is 20.8. The first kappa shape index (κ1) is 19.9. The topological polar surface area (TPSA) is 57.5 Å². The van der Waals surface area contributed by atoms with E-state index in [0.29, 0.717) is 29.0 Å². The normalized spacial score (nSPS) is 52.2. The number of ketones is 1. The van der Waals surface area contributed by atoms with Crippen molar-refractivity contribution in [3.63, 3.8) is 0 Å². The Balaban J connectivity index is 1.58. The highest BCUT2D eigenvalue weighted by molar-refractivity contribution is 5.80. The predicted molar refractivity (Wildman–Crippen MR) is 107 cm³/mol. The SMILES string of the molecule is C[C@H]1CC(=O)C[C@@H]2CC[C@@H]3[C@H](CC[C@@]4(C)[C@H]3CC[C@@]4(O)CCCCO)[C@]21C. The third-order valence-electron chi connectivity index (χ3n) is 10.4. The van der Waals surface area contributed by atoms with Gasteiger partial charge in [0.1, 0.15) is 5.78 Å². The maximum absolute atomic E-state index is 12.2. The Hall–Kier alpha value is -0.410. The highest BCUT2D eigenvalue weighted by atomic mass is 16.3. The summed E-state index contributed by atoms with van der Waals surface area (Å²) >= 11 is 0. The molecular weight excluding hydrogens is 336 g/mol. The minimum absolute atomic E-state index is 0.0422. The van der Waals surface area contributed by atoms with Crippen LogP contribution in [-0.4, -0.2) is 28.2 Å². The molecule has 0 heterocycles. The van der Waals surface area contributed by atoms with Crippen molar-refractivity contribution in [2.75, 3.05) is 6.61 Å². The fraction of sp³-hybridized carbons (Fsp3) is 0.958. The van der Waals surface area contributed by atoms with Crippen molar-refractivity contribution >= 4 is 5.78 Å². The molecule has 4 aliphatic carbocycles. The molecule has 4 fully saturated rings. The lowest BCUT2D eigenvalue weighted by atomic mass is 9.42. The molecule has 0 bridgehead atoms. The van der Waals surface area contributed by atoms with Crippen LogP contribution in [0.2, 0.25) is 0 Å². The summed E-state index contributed by atoms with van der Waals surface area (Å²) in [5.74, 6) is 3.68. The second-order valence-corrected chi connectivity index (χ2v) is 11.1. The van der Waals surface area contributed by atoms with Crippen molar-refractivity contribution in [2.24, 2.45) is 40.4 Å². The molecule has 4 rings (SSSR count). The average molecular weight is 377 g/mol. The minimum atomic E-state index is -0.538. The number of aliphatic hydroxyl groups excluding tert-OH is 1.